The molecule has 0 saturated carbocycles. The quantitative estimate of drug-likeness (QED) is 0.364. The molecule has 0 bridgehead atoms. The van der Waals surface area contributed by atoms with Crippen molar-refractivity contribution < 1.29 is 19.4 Å². The number of nitrogens with zero attached hydrogens (tertiary/aromatic N) is 2. The molecule has 0 aromatic heterocycles. The second kappa shape index (κ2) is 9.98. The predicted octanol–water partition coefficient (Wildman–Crippen LogP) is 4.64. The Morgan fingerprint density at radius 2 is 1.67 bits per heavy atom. The van der Waals surface area contributed by atoms with E-state index in [1.165, 1.54) is 0 Å². The van der Waals surface area contributed by atoms with Crippen LogP contribution in [0.3, 0.4) is 0 Å². The van der Waals surface area contributed by atoms with E-state index in [0.29, 0.717) is 29.4 Å². The molecule has 1 unspecified atom stereocenters. The fraction of sp³-hybridized carbons (Fsp3) is 0.385. The van der Waals surface area contributed by atoms with Crippen LogP contribution in [0, 0.1) is 0 Å². The van der Waals surface area contributed by atoms with Gasteiger partial charge in [0.15, 0.2) is 0 Å². The molecule has 1 N–H and O–H groups in total. The lowest BCUT2D eigenvalue weighted by atomic mass is 9.95. The average Bonchev–Trinajstić information content (AvgIpc) is 3.39. The molecular formula is C26H29ClN2O4. The van der Waals surface area contributed by atoms with Crippen LogP contribution in [0.25, 0.3) is 5.76 Å². The SMILES string of the molecule is CC(C)Oc1ccc(C2/C(=C(\O)c3ccc(Cl)cc3)C(=O)C(=O)N2CCN2CCCC2)cc1. The molecular weight excluding hydrogens is 440 g/mol. The van der Waals surface area contributed by atoms with E-state index in [9.17, 15) is 14.7 Å². The molecule has 2 heterocycles. The van der Waals surface area contributed by atoms with Crippen LogP contribution in [0.4, 0.5) is 0 Å². The number of aliphatic hydroxyl groups excluding tert-OH is 1. The van der Waals surface area contributed by atoms with Gasteiger partial charge in [0, 0.05) is 23.7 Å². The molecule has 2 aliphatic heterocycles. The molecule has 2 fully saturated rings. The highest BCUT2D eigenvalue weighted by Gasteiger charge is 2.46. The van der Waals surface area contributed by atoms with Gasteiger partial charge >= 0.3 is 0 Å². The summed E-state index contributed by atoms with van der Waals surface area (Å²) in [6.45, 7) is 7.01. The Hall–Kier alpha value is -2.83. The number of Topliss-reactive ketones (excluding diaryl/α,β-unsaturated/α-hetero) is 1. The Morgan fingerprint density at radius 1 is 1.03 bits per heavy atom. The van der Waals surface area contributed by atoms with Crippen LogP contribution >= 0.6 is 11.6 Å². The molecule has 4 rings (SSSR count). The number of likely N-dealkylation sites (tertiary alicyclic amines) is 2. The van der Waals surface area contributed by atoms with Crippen LogP contribution in [0.5, 0.6) is 5.75 Å². The highest BCUT2D eigenvalue weighted by Crippen LogP contribution is 2.40. The van der Waals surface area contributed by atoms with Gasteiger partial charge in [-0.1, -0.05) is 23.7 Å². The van der Waals surface area contributed by atoms with E-state index in [1.54, 1.807) is 29.2 Å². The van der Waals surface area contributed by atoms with Gasteiger partial charge in [0.1, 0.15) is 11.5 Å². The second-order valence-electron chi connectivity index (χ2n) is 8.78. The molecule has 2 saturated heterocycles. The molecule has 174 valence electrons. The zero-order chi connectivity index (χ0) is 23.5. The van der Waals surface area contributed by atoms with Crippen molar-refractivity contribution in [2.24, 2.45) is 0 Å². The zero-order valence-electron chi connectivity index (χ0n) is 19.0. The minimum Gasteiger partial charge on any atom is -0.507 e. The molecule has 1 atom stereocenters. The Balaban J connectivity index is 1.73. The average molecular weight is 469 g/mol. The van der Waals surface area contributed by atoms with Gasteiger partial charge in [0.2, 0.25) is 0 Å². The largest absolute Gasteiger partial charge is 0.507 e. The number of ether oxygens (including phenoxy) is 1. The van der Waals surface area contributed by atoms with E-state index in [0.717, 1.165) is 31.5 Å². The number of ketones is 1. The number of hydrogen-bond donors (Lipinski definition) is 1. The molecule has 2 aliphatic rings. The summed E-state index contributed by atoms with van der Waals surface area (Å²) in [6.07, 6.45) is 2.33. The maximum atomic E-state index is 13.1. The van der Waals surface area contributed by atoms with Crippen molar-refractivity contribution in [3.05, 3.63) is 70.3 Å². The lowest BCUT2D eigenvalue weighted by molar-refractivity contribution is -0.140. The van der Waals surface area contributed by atoms with E-state index in [1.807, 2.05) is 38.1 Å². The van der Waals surface area contributed by atoms with Crippen molar-refractivity contribution >= 4 is 29.1 Å². The van der Waals surface area contributed by atoms with Gasteiger partial charge in [0.05, 0.1) is 17.7 Å². The summed E-state index contributed by atoms with van der Waals surface area (Å²) >= 11 is 5.99. The van der Waals surface area contributed by atoms with Crippen LogP contribution in [-0.4, -0.2) is 58.9 Å². The fourth-order valence-electron chi connectivity index (χ4n) is 4.48. The lowest BCUT2D eigenvalue weighted by Crippen LogP contribution is -2.37. The van der Waals surface area contributed by atoms with Crippen molar-refractivity contribution in [1.29, 1.82) is 0 Å². The highest BCUT2D eigenvalue weighted by atomic mass is 35.5. The van der Waals surface area contributed by atoms with Crippen LogP contribution < -0.4 is 4.74 Å². The topological polar surface area (TPSA) is 70.1 Å². The van der Waals surface area contributed by atoms with Crippen molar-refractivity contribution in [2.75, 3.05) is 26.2 Å². The third-order valence-corrected chi connectivity index (χ3v) is 6.33. The van der Waals surface area contributed by atoms with Gasteiger partial charge in [0.25, 0.3) is 11.7 Å². The number of amides is 1. The van der Waals surface area contributed by atoms with Gasteiger partial charge in [-0.05, 0) is 81.7 Å². The highest BCUT2D eigenvalue weighted by molar-refractivity contribution is 6.46. The third-order valence-electron chi connectivity index (χ3n) is 6.08. The van der Waals surface area contributed by atoms with Crippen molar-refractivity contribution in [3.63, 3.8) is 0 Å². The molecule has 6 nitrogen and oxygen atoms in total. The number of hydrogen-bond acceptors (Lipinski definition) is 5. The first kappa shape index (κ1) is 23.3. The van der Waals surface area contributed by atoms with E-state index in [4.69, 9.17) is 16.3 Å². The lowest BCUT2D eigenvalue weighted by Gasteiger charge is -2.27. The van der Waals surface area contributed by atoms with Crippen LogP contribution in [-0.2, 0) is 9.59 Å². The summed E-state index contributed by atoms with van der Waals surface area (Å²) in [5.74, 6) is -0.740. The Labute approximate surface area is 199 Å². The van der Waals surface area contributed by atoms with Crippen LogP contribution in [0.1, 0.15) is 43.9 Å². The first-order chi connectivity index (χ1) is 15.8. The van der Waals surface area contributed by atoms with Gasteiger partial charge < -0.3 is 19.6 Å². The fourth-order valence-corrected chi connectivity index (χ4v) is 4.60. The number of benzene rings is 2. The predicted molar refractivity (Wildman–Crippen MR) is 128 cm³/mol. The molecule has 0 radical (unpaired) electrons. The summed E-state index contributed by atoms with van der Waals surface area (Å²) < 4.78 is 5.74. The van der Waals surface area contributed by atoms with E-state index < -0.39 is 17.7 Å². The van der Waals surface area contributed by atoms with Gasteiger partial charge in [-0.2, -0.15) is 0 Å². The molecule has 0 spiro atoms. The molecule has 7 heteroatoms. The molecule has 2 aromatic rings. The zero-order valence-corrected chi connectivity index (χ0v) is 19.7. The molecule has 0 aliphatic carbocycles. The Morgan fingerprint density at radius 3 is 2.27 bits per heavy atom. The number of aliphatic hydroxyl groups is 1. The summed E-state index contributed by atoms with van der Waals surface area (Å²) in [5.41, 5.74) is 1.30. The monoisotopic (exact) mass is 468 g/mol. The Bertz CT molecular complexity index is 1040. The number of rotatable bonds is 7. The van der Waals surface area contributed by atoms with Gasteiger partial charge in [-0.3, -0.25) is 9.59 Å². The smallest absolute Gasteiger partial charge is 0.295 e. The van der Waals surface area contributed by atoms with Crippen molar-refractivity contribution in [1.82, 2.24) is 9.80 Å². The minimum atomic E-state index is -0.670. The van der Waals surface area contributed by atoms with E-state index in [2.05, 4.69) is 4.90 Å². The second-order valence-corrected chi connectivity index (χ2v) is 9.22. The van der Waals surface area contributed by atoms with Crippen LogP contribution in [0.15, 0.2) is 54.1 Å². The maximum absolute atomic E-state index is 13.1. The summed E-state index contributed by atoms with van der Waals surface area (Å²) in [7, 11) is 0. The molecule has 2 aromatic carbocycles. The van der Waals surface area contributed by atoms with Crippen molar-refractivity contribution in [2.45, 2.75) is 38.8 Å². The first-order valence-electron chi connectivity index (χ1n) is 11.4. The van der Waals surface area contributed by atoms with Crippen molar-refractivity contribution in [3.8, 4) is 5.75 Å². The Kier molecular flexibility index (Phi) is 7.05. The minimum absolute atomic E-state index is 0.0341. The van der Waals surface area contributed by atoms with Gasteiger partial charge in [-0.25, -0.2) is 0 Å². The number of halogens is 1. The molecule has 33 heavy (non-hydrogen) atoms. The van der Waals surface area contributed by atoms with Crippen LogP contribution in [0.2, 0.25) is 5.02 Å². The third kappa shape index (κ3) is 5.07. The molecule has 1 amide bonds. The number of carbonyl (C=O) groups excluding carboxylic acids is 2. The summed E-state index contributed by atoms with van der Waals surface area (Å²) in [6, 6.07) is 13.3. The standard InChI is InChI=1S/C26H29ClN2O4/c1-17(2)33-21-11-7-18(8-12-21)23-22(24(30)19-5-9-20(27)10-6-19)25(31)26(32)29(23)16-15-28-13-3-4-14-28/h5-12,17,23,30H,3-4,13-16H2,1-2H3/b24-22+. The normalized spacial score (nSPS) is 20.7. The van der Waals surface area contributed by atoms with Gasteiger partial charge in [-0.15, -0.1) is 0 Å². The number of carbonyl (C=O) groups is 2. The van der Waals surface area contributed by atoms with E-state index >= 15 is 0 Å². The first-order valence-corrected chi connectivity index (χ1v) is 11.8. The maximum Gasteiger partial charge on any atom is 0.295 e. The van der Waals surface area contributed by atoms with E-state index in [-0.39, 0.29) is 17.4 Å². The summed E-state index contributed by atoms with van der Waals surface area (Å²) in [4.78, 5) is 30.1. The summed E-state index contributed by atoms with van der Waals surface area (Å²) in [5, 5.41) is 11.6.